The highest BCUT2D eigenvalue weighted by atomic mass is 19.1. The average molecular weight is 366 g/mol. The summed E-state index contributed by atoms with van der Waals surface area (Å²) in [6.45, 7) is 2.18. The molecule has 1 aliphatic rings. The number of likely N-dealkylation sites (tertiary alicyclic amines) is 1. The monoisotopic (exact) mass is 366 g/mol. The molecule has 0 aromatic heterocycles. The van der Waals surface area contributed by atoms with Crippen molar-refractivity contribution < 1.29 is 28.6 Å². The zero-order chi connectivity index (χ0) is 19.1. The molecule has 0 spiro atoms. The second kappa shape index (κ2) is 9.17. The molecule has 26 heavy (non-hydrogen) atoms. The van der Waals surface area contributed by atoms with Crippen molar-refractivity contribution in [2.75, 3.05) is 13.1 Å². The number of carboxylic acids is 1. The van der Waals surface area contributed by atoms with Gasteiger partial charge in [0.2, 0.25) is 17.9 Å². The van der Waals surface area contributed by atoms with Gasteiger partial charge in [0.25, 0.3) is 0 Å². The number of hydrogen-bond donors (Lipinski definition) is 2. The third kappa shape index (κ3) is 5.18. The number of carbonyl (C=O) groups is 3. The lowest BCUT2D eigenvalue weighted by Gasteiger charge is -2.24. The van der Waals surface area contributed by atoms with Crippen LogP contribution >= 0.6 is 0 Å². The Hall–Kier alpha value is -2.64. The number of amides is 2. The highest BCUT2D eigenvalue weighted by Crippen LogP contribution is 2.19. The Labute approximate surface area is 151 Å². The second-order valence-electron chi connectivity index (χ2n) is 6.14. The highest BCUT2D eigenvalue weighted by Gasteiger charge is 2.34. The van der Waals surface area contributed by atoms with Crippen LogP contribution in [0.4, 0.5) is 4.39 Å². The molecule has 1 aliphatic heterocycles. The van der Waals surface area contributed by atoms with Crippen LogP contribution in [0, 0.1) is 5.82 Å². The summed E-state index contributed by atoms with van der Waals surface area (Å²) in [5.41, 5.74) is 0. The first-order valence-corrected chi connectivity index (χ1v) is 8.64. The third-order valence-corrected chi connectivity index (χ3v) is 4.17. The van der Waals surface area contributed by atoms with E-state index in [1.807, 2.05) is 6.92 Å². The van der Waals surface area contributed by atoms with Crippen molar-refractivity contribution in [3.63, 3.8) is 0 Å². The van der Waals surface area contributed by atoms with Crippen molar-refractivity contribution in [1.29, 1.82) is 0 Å². The number of nitrogens with zero attached hydrogens (tertiary/aromatic N) is 1. The number of carboxylic acid groups (broad SMARTS) is 1. The van der Waals surface area contributed by atoms with Crippen LogP contribution in [0.15, 0.2) is 24.3 Å². The van der Waals surface area contributed by atoms with Crippen LogP contribution in [0.5, 0.6) is 5.75 Å². The van der Waals surface area contributed by atoms with Crippen molar-refractivity contribution in [3.05, 3.63) is 30.1 Å². The predicted octanol–water partition coefficient (Wildman–Crippen LogP) is 1.56. The van der Waals surface area contributed by atoms with E-state index in [1.54, 1.807) is 4.90 Å². The summed E-state index contributed by atoms with van der Waals surface area (Å²) in [6.07, 6.45) is 1.07. The molecule has 1 aromatic rings. The Morgan fingerprint density at radius 3 is 2.65 bits per heavy atom. The van der Waals surface area contributed by atoms with Gasteiger partial charge in [-0.1, -0.05) is 6.92 Å². The number of nitrogens with one attached hydrogen (secondary N) is 1. The smallest absolute Gasteiger partial charge is 0.346 e. The van der Waals surface area contributed by atoms with E-state index < -0.39 is 23.9 Å². The molecular weight excluding hydrogens is 343 g/mol. The van der Waals surface area contributed by atoms with Crippen LogP contribution < -0.4 is 10.1 Å². The van der Waals surface area contributed by atoms with Crippen LogP contribution in [0.3, 0.4) is 0 Å². The molecule has 142 valence electrons. The van der Waals surface area contributed by atoms with Gasteiger partial charge in [-0.2, -0.15) is 0 Å². The lowest BCUT2D eigenvalue weighted by atomic mass is 10.2. The first-order chi connectivity index (χ1) is 12.4. The fourth-order valence-electron chi connectivity index (χ4n) is 2.86. The van der Waals surface area contributed by atoms with Crippen molar-refractivity contribution in [3.8, 4) is 5.75 Å². The minimum atomic E-state index is -1.31. The van der Waals surface area contributed by atoms with E-state index in [4.69, 9.17) is 4.74 Å². The number of carbonyl (C=O) groups excluding carboxylic acids is 2. The normalized spacial score (nSPS) is 17.6. The van der Waals surface area contributed by atoms with E-state index in [0.717, 1.165) is 18.6 Å². The Bertz CT molecular complexity index is 649. The van der Waals surface area contributed by atoms with Gasteiger partial charge in [0.05, 0.1) is 6.54 Å². The van der Waals surface area contributed by atoms with Gasteiger partial charge in [0, 0.05) is 13.0 Å². The third-order valence-electron chi connectivity index (χ3n) is 4.17. The fourth-order valence-corrected chi connectivity index (χ4v) is 2.86. The maximum absolute atomic E-state index is 12.9. The Kier molecular flexibility index (Phi) is 6.94. The maximum atomic E-state index is 12.9. The van der Waals surface area contributed by atoms with E-state index in [1.165, 1.54) is 12.1 Å². The van der Waals surface area contributed by atoms with Crippen LogP contribution in [0.1, 0.15) is 32.6 Å². The molecule has 0 bridgehead atoms. The minimum Gasteiger partial charge on any atom is -0.478 e. The summed E-state index contributed by atoms with van der Waals surface area (Å²) < 4.78 is 18.2. The van der Waals surface area contributed by atoms with E-state index in [9.17, 15) is 23.9 Å². The molecule has 2 amide bonds. The summed E-state index contributed by atoms with van der Waals surface area (Å²) >= 11 is 0. The molecule has 1 heterocycles. The molecule has 8 heteroatoms. The van der Waals surface area contributed by atoms with Crippen LogP contribution in [0.25, 0.3) is 0 Å². The number of halogens is 1. The first-order valence-electron chi connectivity index (χ1n) is 8.64. The molecular formula is C18H23FN2O5. The van der Waals surface area contributed by atoms with E-state index >= 15 is 0 Å². The number of hydrogen-bond acceptors (Lipinski definition) is 4. The second-order valence-corrected chi connectivity index (χ2v) is 6.14. The largest absolute Gasteiger partial charge is 0.478 e. The molecule has 0 radical (unpaired) electrons. The van der Waals surface area contributed by atoms with Crippen LogP contribution in [-0.2, 0) is 14.4 Å². The molecule has 2 rings (SSSR count). The quantitative estimate of drug-likeness (QED) is 0.728. The SMILES string of the molecule is CCCC(=O)N1CCCC1C(=O)NCC(Oc1ccc(F)cc1)C(=O)O. The summed E-state index contributed by atoms with van der Waals surface area (Å²) in [4.78, 5) is 37.4. The van der Waals surface area contributed by atoms with E-state index in [0.29, 0.717) is 25.8 Å². The maximum Gasteiger partial charge on any atom is 0.346 e. The highest BCUT2D eigenvalue weighted by molar-refractivity contribution is 5.88. The minimum absolute atomic E-state index is 0.0671. The molecule has 2 unspecified atom stereocenters. The standard InChI is InChI=1S/C18H23FN2O5/c1-2-4-16(22)21-10-3-5-14(21)17(23)20-11-15(18(24)25)26-13-8-6-12(19)7-9-13/h6-9,14-15H,2-5,10-11H2,1H3,(H,20,23)(H,24,25). The van der Waals surface area contributed by atoms with Gasteiger partial charge in [0.1, 0.15) is 17.6 Å². The van der Waals surface area contributed by atoms with Crippen molar-refractivity contribution in [1.82, 2.24) is 10.2 Å². The summed E-state index contributed by atoms with van der Waals surface area (Å²) in [5.74, 6) is -1.98. The molecule has 0 saturated carbocycles. The molecule has 1 aromatic carbocycles. The topological polar surface area (TPSA) is 95.9 Å². The van der Waals surface area contributed by atoms with Crippen molar-refractivity contribution in [2.45, 2.75) is 44.8 Å². The number of rotatable bonds is 8. The van der Waals surface area contributed by atoms with Crippen LogP contribution in [0.2, 0.25) is 0 Å². The van der Waals surface area contributed by atoms with Crippen LogP contribution in [-0.4, -0.2) is 53.0 Å². The Morgan fingerprint density at radius 1 is 1.35 bits per heavy atom. The molecule has 2 N–H and O–H groups in total. The van der Waals surface area contributed by atoms with Gasteiger partial charge < -0.3 is 20.1 Å². The van der Waals surface area contributed by atoms with E-state index in [2.05, 4.69) is 5.32 Å². The Balaban J connectivity index is 1.93. The van der Waals surface area contributed by atoms with Crippen molar-refractivity contribution >= 4 is 17.8 Å². The van der Waals surface area contributed by atoms with Gasteiger partial charge in [-0.05, 0) is 43.5 Å². The molecule has 7 nitrogen and oxygen atoms in total. The molecule has 1 fully saturated rings. The van der Waals surface area contributed by atoms with Gasteiger partial charge in [-0.25, -0.2) is 9.18 Å². The number of ether oxygens (including phenoxy) is 1. The predicted molar refractivity (Wildman–Crippen MR) is 91.1 cm³/mol. The van der Waals surface area contributed by atoms with Gasteiger partial charge in [-0.3, -0.25) is 9.59 Å². The molecule has 0 aliphatic carbocycles. The molecule has 1 saturated heterocycles. The van der Waals surface area contributed by atoms with Gasteiger partial charge in [0.15, 0.2) is 0 Å². The fraction of sp³-hybridized carbons (Fsp3) is 0.500. The average Bonchev–Trinajstić information content (AvgIpc) is 3.10. The summed E-state index contributed by atoms with van der Waals surface area (Å²) in [7, 11) is 0. The van der Waals surface area contributed by atoms with Crippen molar-refractivity contribution in [2.24, 2.45) is 0 Å². The zero-order valence-corrected chi connectivity index (χ0v) is 14.6. The van der Waals surface area contributed by atoms with Gasteiger partial charge >= 0.3 is 5.97 Å². The Morgan fingerprint density at radius 2 is 2.04 bits per heavy atom. The number of benzene rings is 1. The zero-order valence-electron chi connectivity index (χ0n) is 14.6. The van der Waals surface area contributed by atoms with E-state index in [-0.39, 0.29) is 24.1 Å². The number of aliphatic carboxylic acids is 1. The lowest BCUT2D eigenvalue weighted by Crippen LogP contribution is -2.49. The first kappa shape index (κ1) is 19.7. The van der Waals surface area contributed by atoms with Gasteiger partial charge in [-0.15, -0.1) is 0 Å². The summed E-state index contributed by atoms with van der Waals surface area (Å²) in [6, 6.07) is 4.37. The lowest BCUT2D eigenvalue weighted by molar-refractivity contribution is -0.145. The molecule has 2 atom stereocenters. The summed E-state index contributed by atoms with van der Waals surface area (Å²) in [5, 5.41) is 11.8.